The van der Waals surface area contributed by atoms with E-state index in [1.54, 1.807) is 20.3 Å². The van der Waals surface area contributed by atoms with Crippen LogP contribution in [0.4, 0.5) is 0 Å². The Bertz CT molecular complexity index is 1140. The van der Waals surface area contributed by atoms with Crippen molar-refractivity contribution in [2.45, 2.75) is 38.7 Å². The van der Waals surface area contributed by atoms with Crippen molar-refractivity contribution in [2.75, 3.05) is 14.2 Å². The second-order valence-corrected chi connectivity index (χ2v) is 9.02. The van der Waals surface area contributed by atoms with Crippen LogP contribution in [0, 0.1) is 5.92 Å². The summed E-state index contributed by atoms with van der Waals surface area (Å²) in [7, 11) is 3.13. The Morgan fingerprint density at radius 1 is 1.09 bits per heavy atom. The quantitative estimate of drug-likeness (QED) is 0.486. The molecule has 7 heteroatoms. The number of rotatable bonds is 6. The molecule has 33 heavy (non-hydrogen) atoms. The summed E-state index contributed by atoms with van der Waals surface area (Å²) in [5, 5.41) is 0. The number of nitrogens with zero attached hydrogens (tertiary/aromatic N) is 1. The number of ketones is 1. The van der Waals surface area contributed by atoms with Crippen LogP contribution in [0.3, 0.4) is 0 Å². The van der Waals surface area contributed by atoms with Crippen LogP contribution in [0.1, 0.15) is 43.2 Å². The average Bonchev–Trinajstić information content (AvgIpc) is 2.82. The smallest absolute Gasteiger partial charge is 0.315 e. The number of halogens is 1. The lowest BCUT2D eigenvalue weighted by Gasteiger charge is -2.35. The second kappa shape index (κ2) is 9.91. The van der Waals surface area contributed by atoms with Gasteiger partial charge in [0.1, 0.15) is 12.5 Å². The fourth-order valence-electron chi connectivity index (χ4n) is 4.57. The van der Waals surface area contributed by atoms with E-state index in [0.717, 1.165) is 27.7 Å². The molecule has 0 saturated carbocycles. The molecule has 0 amide bonds. The van der Waals surface area contributed by atoms with Crippen molar-refractivity contribution in [3.8, 4) is 11.5 Å². The van der Waals surface area contributed by atoms with Gasteiger partial charge in [0.05, 0.1) is 14.2 Å². The summed E-state index contributed by atoms with van der Waals surface area (Å²) in [6.07, 6.45) is 1.92. The maximum atomic E-state index is 13.4. The third kappa shape index (κ3) is 4.60. The number of aliphatic imine (C=N–C) groups is 1. The standard InChI is InChI=1S/C26H26BrNO5/c1-15-23(26(30)33-14-16-8-5-4-6-9-16)24(25-19(28-15)10-7-11-20(25)29)17-12-21(31-2)22(32-3)13-18(17)27/h4-6,8-9,12-13,23-24H,7,10-11,14H2,1-3H3/t23?,24-/m1/s1. The van der Waals surface area contributed by atoms with Gasteiger partial charge >= 0.3 is 5.97 Å². The summed E-state index contributed by atoms with van der Waals surface area (Å²) in [6.45, 7) is 1.99. The first-order chi connectivity index (χ1) is 15.9. The Balaban J connectivity index is 1.78. The van der Waals surface area contributed by atoms with Gasteiger partial charge in [-0.1, -0.05) is 46.3 Å². The zero-order valence-electron chi connectivity index (χ0n) is 18.9. The van der Waals surface area contributed by atoms with Crippen molar-refractivity contribution in [3.63, 3.8) is 0 Å². The van der Waals surface area contributed by atoms with Crippen molar-refractivity contribution < 1.29 is 23.8 Å². The van der Waals surface area contributed by atoms with Gasteiger partial charge in [-0.2, -0.15) is 0 Å². The highest BCUT2D eigenvalue weighted by molar-refractivity contribution is 9.10. The third-order valence-corrected chi connectivity index (χ3v) is 6.84. The number of Topliss-reactive ketones (excluding diaryl/α,β-unsaturated/α-hetero) is 1. The van der Waals surface area contributed by atoms with Crippen molar-refractivity contribution in [1.82, 2.24) is 0 Å². The summed E-state index contributed by atoms with van der Waals surface area (Å²) in [5.74, 6) is -0.539. The van der Waals surface area contributed by atoms with Crippen LogP contribution < -0.4 is 9.47 Å². The number of carbonyl (C=O) groups is 2. The summed E-state index contributed by atoms with van der Waals surface area (Å²) >= 11 is 3.63. The van der Waals surface area contributed by atoms with E-state index < -0.39 is 17.8 Å². The summed E-state index contributed by atoms with van der Waals surface area (Å²) in [4.78, 5) is 31.2. The van der Waals surface area contributed by atoms with Gasteiger partial charge in [-0.15, -0.1) is 0 Å². The number of esters is 1. The molecule has 6 nitrogen and oxygen atoms in total. The molecular formula is C26H26BrNO5. The summed E-state index contributed by atoms with van der Waals surface area (Å²) in [6, 6.07) is 13.2. The highest BCUT2D eigenvalue weighted by atomic mass is 79.9. The molecule has 1 aliphatic carbocycles. The Morgan fingerprint density at radius 2 is 1.79 bits per heavy atom. The fraction of sp³-hybridized carbons (Fsp3) is 0.346. The molecule has 1 unspecified atom stereocenters. The first kappa shape index (κ1) is 23.2. The number of ether oxygens (including phenoxy) is 3. The Labute approximate surface area is 201 Å². The van der Waals surface area contributed by atoms with Gasteiger partial charge in [-0.25, -0.2) is 0 Å². The fourth-order valence-corrected chi connectivity index (χ4v) is 5.14. The minimum absolute atomic E-state index is 0.0278. The molecule has 2 aliphatic rings. The molecule has 0 N–H and O–H groups in total. The van der Waals surface area contributed by atoms with Crippen LogP contribution in [0.15, 0.2) is 63.2 Å². The topological polar surface area (TPSA) is 74.2 Å². The van der Waals surface area contributed by atoms with Gasteiger partial charge in [0.15, 0.2) is 17.3 Å². The molecule has 1 heterocycles. The minimum atomic E-state index is -0.719. The van der Waals surface area contributed by atoms with Gasteiger partial charge in [-0.05, 0) is 43.0 Å². The van der Waals surface area contributed by atoms with E-state index in [-0.39, 0.29) is 12.4 Å². The van der Waals surface area contributed by atoms with Gasteiger partial charge < -0.3 is 14.2 Å². The predicted octanol–water partition coefficient (Wildman–Crippen LogP) is 5.39. The third-order valence-electron chi connectivity index (χ3n) is 6.15. The molecular weight excluding hydrogens is 486 g/mol. The molecule has 172 valence electrons. The molecule has 2 aromatic rings. The molecule has 0 spiro atoms. The van der Waals surface area contributed by atoms with Crippen molar-refractivity contribution in [2.24, 2.45) is 10.9 Å². The van der Waals surface area contributed by atoms with E-state index in [9.17, 15) is 9.59 Å². The summed E-state index contributed by atoms with van der Waals surface area (Å²) < 4.78 is 17.4. The second-order valence-electron chi connectivity index (χ2n) is 8.17. The van der Waals surface area contributed by atoms with Gasteiger partial charge in [0.25, 0.3) is 0 Å². The van der Waals surface area contributed by atoms with E-state index in [4.69, 9.17) is 19.2 Å². The molecule has 2 atom stereocenters. The largest absolute Gasteiger partial charge is 0.493 e. The first-order valence-electron chi connectivity index (χ1n) is 10.9. The molecule has 0 fully saturated rings. The van der Waals surface area contributed by atoms with Crippen LogP contribution >= 0.6 is 15.9 Å². The lowest BCUT2D eigenvalue weighted by molar-refractivity contribution is -0.148. The van der Waals surface area contributed by atoms with Crippen LogP contribution in [0.25, 0.3) is 0 Å². The van der Waals surface area contributed by atoms with Crippen LogP contribution in [0.2, 0.25) is 0 Å². The van der Waals surface area contributed by atoms with E-state index in [1.165, 1.54) is 0 Å². The van der Waals surface area contributed by atoms with Crippen molar-refractivity contribution >= 4 is 33.4 Å². The first-order valence-corrected chi connectivity index (χ1v) is 11.7. The predicted molar refractivity (Wildman–Crippen MR) is 129 cm³/mol. The molecule has 0 saturated heterocycles. The molecule has 0 aromatic heterocycles. The van der Waals surface area contributed by atoms with Crippen molar-refractivity contribution in [3.05, 3.63) is 69.3 Å². The zero-order chi connectivity index (χ0) is 23.5. The van der Waals surface area contributed by atoms with E-state index >= 15 is 0 Å². The highest BCUT2D eigenvalue weighted by Gasteiger charge is 2.44. The number of allylic oxidation sites excluding steroid dienone is 2. The van der Waals surface area contributed by atoms with Crippen molar-refractivity contribution in [1.29, 1.82) is 0 Å². The average molecular weight is 512 g/mol. The maximum absolute atomic E-state index is 13.4. The maximum Gasteiger partial charge on any atom is 0.315 e. The van der Waals surface area contributed by atoms with E-state index in [2.05, 4.69) is 15.9 Å². The molecule has 4 rings (SSSR count). The Kier molecular flexibility index (Phi) is 6.98. The molecule has 2 aromatic carbocycles. The van der Waals surface area contributed by atoms with E-state index in [0.29, 0.717) is 35.6 Å². The SMILES string of the molecule is COc1cc(Br)c([C@H]2C3=C(CCCC3=O)N=C(C)C2C(=O)OCc2ccccc2)cc1OC. The normalized spacial score (nSPS) is 20.1. The number of hydrogen-bond acceptors (Lipinski definition) is 6. The number of hydrogen-bond donors (Lipinski definition) is 0. The summed E-state index contributed by atoms with van der Waals surface area (Å²) in [5.41, 5.74) is 3.68. The van der Waals surface area contributed by atoms with Crippen LogP contribution in [0.5, 0.6) is 11.5 Å². The molecule has 0 bridgehead atoms. The van der Waals surface area contributed by atoms with Gasteiger partial charge in [0, 0.05) is 33.8 Å². The lowest BCUT2D eigenvalue weighted by Crippen LogP contribution is -2.37. The minimum Gasteiger partial charge on any atom is -0.493 e. The Morgan fingerprint density at radius 3 is 2.48 bits per heavy atom. The van der Waals surface area contributed by atoms with Gasteiger partial charge in [0.2, 0.25) is 0 Å². The van der Waals surface area contributed by atoms with Crippen LogP contribution in [-0.4, -0.2) is 31.7 Å². The number of benzene rings is 2. The molecule has 1 aliphatic heterocycles. The van der Waals surface area contributed by atoms with Crippen LogP contribution in [-0.2, 0) is 20.9 Å². The van der Waals surface area contributed by atoms with Gasteiger partial charge in [-0.3, -0.25) is 14.6 Å². The Hall–Kier alpha value is -2.93. The number of methoxy groups -OCH3 is 2. The number of carbonyl (C=O) groups excluding carboxylic acids is 2. The zero-order valence-corrected chi connectivity index (χ0v) is 20.5. The van der Waals surface area contributed by atoms with E-state index in [1.807, 2.05) is 43.3 Å². The monoisotopic (exact) mass is 511 g/mol. The molecule has 0 radical (unpaired) electrons. The highest BCUT2D eigenvalue weighted by Crippen LogP contribution is 2.47. The lowest BCUT2D eigenvalue weighted by atomic mass is 9.71.